The first-order chi connectivity index (χ1) is 13.2. The maximum Gasteiger partial charge on any atom is 0.00860 e. The normalized spacial score (nSPS) is 9.07. The van der Waals surface area contributed by atoms with Gasteiger partial charge in [0, 0.05) is 12.8 Å². The van der Waals surface area contributed by atoms with Crippen LogP contribution in [-0.2, 0) is 0 Å². The number of rotatable bonds is 16. The van der Waals surface area contributed by atoms with Crippen molar-refractivity contribution in [1.82, 2.24) is 0 Å². The second-order valence-corrected chi connectivity index (χ2v) is 7.23. The molecule has 0 N–H and O–H groups in total. The number of hydrogen-bond donors (Lipinski definition) is 0. The number of allylic oxidation sites excluding steroid dienone is 1. The van der Waals surface area contributed by atoms with Gasteiger partial charge in [-0.05, 0) is 25.7 Å². The second-order valence-electron chi connectivity index (χ2n) is 7.23. The summed E-state index contributed by atoms with van der Waals surface area (Å²) in [5.41, 5.74) is 0. The van der Waals surface area contributed by atoms with Gasteiger partial charge in [0.05, 0.1) is 0 Å². The molecule has 0 atom stereocenters. The van der Waals surface area contributed by atoms with Crippen molar-refractivity contribution in [1.29, 1.82) is 0 Å². The quantitative estimate of drug-likeness (QED) is 0.143. The summed E-state index contributed by atoms with van der Waals surface area (Å²) in [5.74, 6) is 5.29. The van der Waals surface area contributed by atoms with Gasteiger partial charge >= 0.3 is 0 Å². The molecule has 0 aromatic heterocycles. The van der Waals surface area contributed by atoms with E-state index in [2.05, 4.69) is 39.2 Å². The summed E-state index contributed by atoms with van der Waals surface area (Å²) in [5, 5.41) is 0. The van der Waals surface area contributed by atoms with Gasteiger partial charge in [0.25, 0.3) is 0 Å². The van der Waals surface area contributed by atoms with E-state index in [9.17, 15) is 0 Å². The Hall–Kier alpha value is -1.14. The number of terminal acetylenes is 2. The molecule has 0 fully saturated rings. The molecule has 158 valence electrons. The van der Waals surface area contributed by atoms with E-state index in [1.54, 1.807) is 0 Å². The fourth-order valence-electron chi connectivity index (χ4n) is 2.55. The molecule has 0 heterocycles. The van der Waals surface area contributed by atoms with Crippen LogP contribution in [0.5, 0.6) is 0 Å². The highest BCUT2D eigenvalue weighted by Crippen LogP contribution is 2.05. The Kier molecular flexibility index (Phi) is 40.6. The minimum atomic E-state index is 0.962. The molecule has 27 heavy (non-hydrogen) atoms. The van der Waals surface area contributed by atoms with Crippen molar-refractivity contribution >= 4 is 0 Å². The van der Waals surface area contributed by atoms with Gasteiger partial charge in [-0.2, -0.15) is 0 Å². The highest BCUT2D eigenvalue weighted by atomic mass is 13.9. The van der Waals surface area contributed by atoms with E-state index in [1.807, 2.05) is 6.08 Å². The first-order valence-electron chi connectivity index (χ1n) is 11.7. The van der Waals surface area contributed by atoms with E-state index in [4.69, 9.17) is 12.8 Å². The Morgan fingerprint density at radius 3 is 1.19 bits per heavy atom. The van der Waals surface area contributed by atoms with Crippen molar-refractivity contribution in [2.45, 2.75) is 136 Å². The van der Waals surface area contributed by atoms with Crippen LogP contribution in [0, 0.1) is 24.7 Å². The van der Waals surface area contributed by atoms with Gasteiger partial charge in [0.2, 0.25) is 0 Å². The van der Waals surface area contributed by atoms with E-state index in [0.29, 0.717) is 0 Å². The van der Waals surface area contributed by atoms with Gasteiger partial charge in [-0.3, -0.25) is 0 Å². The lowest BCUT2D eigenvalue weighted by Crippen LogP contribution is -1.75. The van der Waals surface area contributed by atoms with Crippen molar-refractivity contribution in [2.75, 3.05) is 0 Å². The van der Waals surface area contributed by atoms with Crippen molar-refractivity contribution in [2.24, 2.45) is 0 Å². The minimum Gasteiger partial charge on any atom is -0.120 e. The maximum absolute atomic E-state index is 5.09. The Morgan fingerprint density at radius 2 is 0.889 bits per heavy atom. The van der Waals surface area contributed by atoms with Crippen LogP contribution in [0.15, 0.2) is 12.7 Å². The summed E-state index contributed by atoms with van der Waals surface area (Å²) < 4.78 is 0. The molecular weight excluding hydrogens is 324 g/mol. The largest absolute Gasteiger partial charge is 0.120 e. The SMILES string of the molecule is C#CCCCCCCC.C#CCCCCCCC.C=CCCCCCCC. The van der Waals surface area contributed by atoms with E-state index < -0.39 is 0 Å². The molecule has 0 spiro atoms. The van der Waals surface area contributed by atoms with E-state index >= 15 is 0 Å². The molecule has 0 aliphatic carbocycles. The van der Waals surface area contributed by atoms with Crippen LogP contribution >= 0.6 is 0 Å². The molecule has 0 rings (SSSR count). The van der Waals surface area contributed by atoms with Crippen LogP contribution < -0.4 is 0 Å². The second kappa shape index (κ2) is 35.9. The van der Waals surface area contributed by atoms with Crippen LogP contribution in [0.25, 0.3) is 0 Å². The Balaban J connectivity index is -0.000000320. The van der Waals surface area contributed by atoms with Gasteiger partial charge in [0.15, 0.2) is 0 Å². The molecule has 0 bridgehead atoms. The molecule has 0 aromatic carbocycles. The molecule has 0 saturated carbocycles. The predicted octanol–water partition coefficient (Wildman–Crippen LogP) is 9.49. The zero-order valence-electron chi connectivity index (χ0n) is 19.2. The van der Waals surface area contributed by atoms with Gasteiger partial charge in [-0.25, -0.2) is 0 Å². The lowest BCUT2D eigenvalue weighted by atomic mass is 10.1. The van der Waals surface area contributed by atoms with E-state index in [-0.39, 0.29) is 0 Å². The third-order valence-corrected chi connectivity index (χ3v) is 4.36. The first kappa shape index (κ1) is 30.6. The Morgan fingerprint density at radius 1 is 0.556 bits per heavy atom. The van der Waals surface area contributed by atoms with Gasteiger partial charge in [-0.1, -0.05) is 104 Å². The lowest BCUT2D eigenvalue weighted by molar-refractivity contribution is 0.638. The van der Waals surface area contributed by atoms with Crippen molar-refractivity contribution < 1.29 is 0 Å². The fraction of sp³-hybridized carbons (Fsp3) is 0.778. The molecule has 0 heteroatoms. The van der Waals surface area contributed by atoms with Crippen LogP contribution in [0.4, 0.5) is 0 Å². The molecule has 0 aliphatic heterocycles. The smallest absolute Gasteiger partial charge is 0.00860 e. The lowest BCUT2D eigenvalue weighted by Gasteiger charge is -1.94. The van der Waals surface area contributed by atoms with Gasteiger partial charge in [0.1, 0.15) is 0 Å². The summed E-state index contributed by atoms with van der Waals surface area (Å²) >= 11 is 0. The molecular formula is C27H50. The molecule has 0 amide bonds. The van der Waals surface area contributed by atoms with Gasteiger partial charge in [-0.15, -0.1) is 31.3 Å². The zero-order chi connectivity index (χ0) is 20.8. The Bertz CT molecular complexity index is 288. The van der Waals surface area contributed by atoms with Crippen LogP contribution in [0.3, 0.4) is 0 Å². The molecule has 0 unspecified atom stereocenters. The number of hydrogen-bond acceptors (Lipinski definition) is 0. The average Bonchev–Trinajstić information content (AvgIpc) is 2.69. The summed E-state index contributed by atoms with van der Waals surface area (Å²) in [4.78, 5) is 0. The van der Waals surface area contributed by atoms with Crippen molar-refractivity contribution in [3.05, 3.63) is 12.7 Å². The molecule has 0 aliphatic rings. The van der Waals surface area contributed by atoms with E-state index in [1.165, 1.54) is 103 Å². The standard InChI is InChI=1S/C9H18.2C9H16/c3*1-3-5-7-9-8-6-4-2/h3H,1,4-9H2,2H3;2*1H,4-9H2,2H3. The zero-order valence-corrected chi connectivity index (χ0v) is 19.2. The van der Waals surface area contributed by atoms with Crippen LogP contribution in [-0.4, -0.2) is 0 Å². The number of unbranched alkanes of at least 4 members (excludes halogenated alkanes) is 15. The Labute approximate surface area is 174 Å². The summed E-state index contributed by atoms with van der Waals surface area (Å²) in [6.07, 6.45) is 35.3. The van der Waals surface area contributed by atoms with Crippen LogP contribution in [0.2, 0.25) is 0 Å². The van der Waals surface area contributed by atoms with Gasteiger partial charge < -0.3 is 0 Å². The topological polar surface area (TPSA) is 0 Å². The highest BCUT2D eigenvalue weighted by Gasteiger charge is 1.86. The summed E-state index contributed by atoms with van der Waals surface area (Å²) in [6, 6.07) is 0. The average molecular weight is 375 g/mol. The third-order valence-electron chi connectivity index (χ3n) is 4.36. The molecule has 0 aromatic rings. The first-order valence-corrected chi connectivity index (χ1v) is 11.7. The monoisotopic (exact) mass is 374 g/mol. The van der Waals surface area contributed by atoms with E-state index in [0.717, 1.165) is 12.8 Å². The van der Waals surface area contributed by atoms with Crippen molar-refractivity contribution in [3.8, 4) is 24.7 Å². The minimum absolute atomic E-state index is 0.962. The summed E-state index contributed by atoms with van der Waals surface area (Å²) in [7, 11) is 0. The summed E-state index contributed by atoms with van der Waals surface area (Å²) in [6.45, 7) is 10.4. The fourth-order valence-corrected chi connectivity index (χ4v) is 2.55. The maximum atomic E-state index is 5.09. The highest BCUT2D eigenvalue weighted by molar-refractivity contribution is 4.83. The molecule has 0 radical (unpaired) electrons. The molecule has 0 nitrogen and oxygen atoms in total. The van der Waals surface area contributed by atoms with Crippen LogP contribution in [0.1, 0.15) is 136 Å². The predicted molar refractivity (Wildman–Crippen MR) is 128 cm³/mol. The molecule has 0 saturated heterocycles. The third kappa shape index (κ3) is 45.7. The van der Waals surface area contributed by atoms with Crippen molar-refractivity contribution in [3.63, 3.8) is 0 Å².